The largest absolute Gasteiger partial charge is 0.496 e. The number of ether oxygens (including phenoxy) is 2. The molecular formula is C18H16O4. The zero-order chi connectivity index (χ0) is 15.7. The number of aromatic carboxylic acids is 1. The van der Waals surface area contributed by atoms with E-state index >= 15 is 0 Å². The molecule has 3 rings (SSSR count). The van der Waals surface area contributed by atoms with Crippen molar-refractivity contribution in [2.24, 2.45) is 0 Å². The van der Waals surface area contributed by atoms with Crippen LogP contribution >= 0.6 is 0 Å². The van der Waals surface area contributed by atoms with Gasteiger partial charge in [-0.15, -0.1) is 0 Å². The zero-order valence-electron chi connectivity index (χ0n) is 12.4. The molecular weight excluding hydrogens is 280 g/mol. The minimum atomic E-state index is -0.954. The second-order valence-electron chi connectivity index (χ2n) is 5.10. The Kier molecular flexibility index (Phi) is 3.59. The van der Waals surface area contributed by atoms with Gasteiger partial charge in [-0.05, 0) is 48.4 Å². The molecule has 0 spiro atoms. The smallest absolute Gasteiger partial charge is 0.335 e. The molecule has 0 radical (unpaired) electrons. The van der Waals surface area contributed by atoms with Crippen molar-refractivity contribution in [3.8, 4) is 11.5 Å². The molecule has 0 bridgehead atoms. The SMILES string of the molecule is COc1cccc(C)c1C1=CCOc2ccc(C(=O)O)cc21. The van der Waals surface area contributed by atoms with Crippen LogP contribution in [0.5, 0.6) is 11.5 Å². The van der Waals surface area contributed by atoms with Gasteiger partial charge in [-0.2, -0.15) is 0 Å². The van der Waals surface area contributed by atoms with Crippen molar-refractivity contribution >= 4 is 11.5 Å². The van der Waals surface area contributed by atoms with Crippen LogP contribution in [0.3, 0.4) is 0 Å². The van der Waals surface area contributed by atoms with Crippen LogP contribution in [0, 0.1) is 6.92 Å². The van der Waals surface area contributed by atoms with Gasteiger partial charge in [-0.1, -0.05) is 12.1 Å². The van der Waals surface area contributed by atoms with Gasteiger partial charge in [-0.3, -0.25) is 0 Å². The van der Waals surface area contributed by atoms with E-state index in [2.05, 4.69) is 0 Å². The standard InChI is InChI=1S/C18H16O4/c1-11-4-3-5-16(21-2)17(11)13-8-9-22-15-7-6-12(18(19)20)10-14(13)15/h3-8,10H,9H2,1-2H3,(H,19,20). The van der Waals surface area contributed by atoms with E-state index in [-0.39, 0.29) is 5.56 Å². The molecule has 0 amide bonds. The molecule has 0 saturated heterocycles. The fourth-order valence-corrected chi connectivity index (χ4v) is 2.72. The molecule has 0 saturated carbocycles. The number of rotatable bonds is 3. The van der Waals surface area contributed by atoms with Crippen molar-refractivity contribution in [1.82, 2.24) is 0 Å². The molecule has 22 heavy (non-hydrogen) atoms. The van der Waals surface area contributed by atoms with Gasteiger partial charge in [0.15, 0.2) is 0 Å². The second-order valence-corrected chi connectivity index (χ2v) is 5.10. The molecule has 2 aromatic rings. The molecule has 4 heteroatoms. The van der Waals surface area contributed by atoms with E-state index in [1.54, 1.807) is 25.3 Å². The molecule has 2 aromatic carbocycles. The number of methoxy groups -OCH3 is 1. The van der Waals surface area contributed by atoms with E-state index in [0.29, 0.717) is 12.4 Å². The van der Waals surface area contributed by atoms with Gasteiger partial charge in [0.05, 0.1) is 12.7 Å². The Balaban J connectivity index is 2.21. The Labute approximate surface area is 128 Å². The molecule has 0 unspecified atom stereocenters. The number of fused-ring (bicyclic) bond motifs is 1. The summed E-state index contributed by atoms with van der Waals surface area (Å²) in [6.07, 6.45) is 1.96. The highest BCUT2D eigenvalue weighted by atomic mass is 16.5. The fraction of sp³-hybridized carbons (Fsp3) is 0.167. The average molecular weight is 296 g/mol. The number of aryl methyl sites for hydroxylation is 1. The summed E-state index contributed by atoms with van der Waals surface area (Å²) in [7, 11) is 1.63. The number of carbonyl (C=O) groups is 1. The lowest BCUT2D eigenvalue weighted by molar-refractivity contribution is 0.0697. The first-order valence-corrected chi connectivity index (χ1v) is 6.96. The number of hydrogen-bond acceptors (Lipinski definition) is 3. The average Bonchev–Trinajstić information content (AvgIpc) is 2.53. The predicted octanol–water partition coefficient (Wildman–Crippen LogP) is 3.53. The third-order valence-electron chi connectivity index (χ3n) is 3.77. The van der Waals surface area contributed by atoms with Crippen LogP contribution in [-0.4, -0.2) is 24.8 Å². The molecule has 0 fully saturated rings. The summed E-state index contributed by atoms with van der Waals surface area (Å²) in [5.41, 5.74) is 4.00. The lowest BCUT2D eigenvalue weighted by Gasteiger charge is -2.22. The lowest BCUT2D eigenvalue weighted by atomic mass is 9.90. The molecule has 0 aromatic heterocycles. The number of carboxylic acids is 1. The summed E-state index contributed by atoms with van der Waals surface area (Å²) >= 11 is 0. The van der Waals surface area contributed by atoms with Crippen molar-refractivity contribution in [3.05, 3.63) is 64.7 Å². The summed E-state index contributed by atoms with van der Waals surface area (Å²) in [5, 5.41) is 9.21. The summed E-state index contributed by atoms with van der Waals surface area (Å²) in [6, 6.07) is 10.8. The summed E-state index contributed by atoms with van der Waals surface area (Å²) < 4.78 is 11.1. The first-order chi connectivity index (χ1) is 10.6. The Morgan fingerprint density at radius 3 is 2.82 bits per heavy atom. The summed E-state index contributed by atoms with van der Waals surface area (Å²) in [6.45, 7) is 2.46. The lowest BCUT2D eigenvalue weighted by Crippen LogP contribution is -2.09. The quantitative estimate of drug-likeness (QED) is 0.941. The highest BCUT2D eigenvalue weighted by Gasteiger charge is 2.21. The van der Waals surface area contributed by atoms with Crippen LogP contribution in [0.4, 0.5) is 0 Å². The van der Waals surface area contributed by atoms with Gasteiger partial charge in [0.25, 0.3) is 0 Å². The fourth-order valence-electron chi connectivity index (χ4n) is 2.72. The normalized spacial score (nSPS) is 12.9. The summed E-state index contributed by atoms with van der Waals surface area (Å²) in [4.78, 5) is 11.2. The van der Waals surface area contributed by atoms with Crippen molar-refractivity contribution in [2.45, 2.75) is 6.92 Å². The molecule has 112 valence electrons. The molecule has 1 heterocycles. The zero-order valence-corrected chi connectivity index (χ0v) is 12.4. The van der Waals surface area contributed by atoms with E-state index in [1.165, 1.54) is 0 Å². The number of benzene rings is 2. The summed E-state index contributed by atoms with van der Waals surface area (Å²) in [5.74, 6) is 0.497. The van der Waals surface area contributed by atoms with Gasteiger partial charge in [0.1, 0.15) is 18.1 Å². The van der Waals surface area contributed by atoms with Crippen molar-refractivity contribution in [2.75, 3.05) is 13.7 Å². The molecule has 1 aliphatic rings. The highest BCUT2D eigenvalue weighted by molar-refractivity contribution is 5.93. The molecule has 4 nitrogen and oxygen atoms in total. The van der Waals surface area contributed by atoms with Crippen molar-refractivity contribution in [3.63, 3.8) is 0 Å². The van der Waals surface area contributed by atoms with Crippen molar-refractivity contribution in [1.29, 1.82) is 0 Å². The van der Waals surface area contributed by atoms with Crippen LogP contribution in [0.1, 0.15) is 27.0 Å². The van der Waals surface area contributed by atoms with E-state index in [1.807, 2.05) is 31.2 Å². The minimum absolute atomic E-state index is 0.239. The predicted molar refractivity (Wildman–Crippen MR) is 83.7 cm³/mol. The van der Waals surface area contributed by atoms with Crippen molar-refractivity contribution < 1.29 is 19.4 Å². The maximum absolute atomic E-state index is 11.2. The number of carboxylic acid groups (broad SMARTS) is 1. The first-order valence-electron chi connectivity index (χ1n) is 6.96. The first kappa shape index (κ1) is 14.2. The Morgan fingerprint density at radius 2 is 2.09 bits per heavy atom. The maximum Gasteiger partial charge on any atom is 0.335 e. The third-order valence-corrected chi connectivity index (χ3v) is 3.77. The maximum atomic E-state index is 11.2. The Hall–Kier alpha value is -2.75. The highest BCUT2D eigenvalue weighted by Crippen LogP contribution is 2.40. The van der Waals surface area contributed by atoms with Crippen LogP contribution < -0.4 is 9.47 Å². The van der Waals surface area contributed by atoms with E-state index < -0.39 is 5.97 Å². The van der Waals surface area contributed by atoms with Crippen LogP contribution in [-0.2, 0) is 0 Å². The van der Waals surface area contributed by atoms with Gasteiger partial charge < -0.3 is 14.6 Å². The van der Waals surface area contributed by atoms with Gasteiger partial charge in [0, 0.05) is 11.1 Å². The van der Waals surface area contributed by atoms with Gasteiger partial charge in [0.2, 0.25) is 0 Å². The van der Waals surface area contributed by atoms with Gasteiger partial charge in [-0.25, -0.2) is 4.79 Å². The van der Waals surface area contributed by atoms with E-state index in [0.717, 1.165) is 28.0 Å². The topological polar surface area (TPSA) is 55.8 Å². The Morgan fingerprint density at radius 1 is 1.27 bits per heavy atom. The second kappa shape index (κ2) is 5.56. The molecule has 0 atom stereocenters. The molecule has 0 aliphatic carbocycles. The molecule has 1 aliphatic heterocycles. The van der Waals surface area contributed by atoms with Gasteiger partial charge >= 0.3 is 5.97 Å². The number of hydrogen-bond donors (Lipinski definition) is 1. The molecule has 1 N–H and O–H groups in total. The Bertz CT molecular complexity index is 775. The van der Waals surface area contributed by atoms with Crippen LogP contribution in [0.15, 0.2) is 42.5 Å². The van der Waals surface area contributed by atoms with E-state index in [9.17, 15) is 9.90 Å². The van der Waals surface area contributed by atoms with Crippen LogP contribution in [0.2, 0.25) is 0 Å². The van der Waals surface area contributed by atoms with Crippen LogP contribution in [0.25, 0.3) is 5.57 Å². The third kappa shape index (κ3) is 2.33. The van der Waals surface area contributed by atoms with E-state index in [4.69, 9.17) is 9.47 Å². The minimum Gasteiger partial charge on any atom is -0.496 e. The monoisotopic (exact) mass is 296 g/mol.